The number of aromatic nitrogens is 2. The van der Waals surface area contributed by atoms with E-state index in [1.54, 1.807) is 12.1 Å². The molecule has 2 aliphatic carbocycles. The summed E-state index contributed by atoms with van der Waals surface area (Å²) >= 11 is 0. The average Bonchev–Trinajstić information content (AvgIpc) is 3.04. The van der Waals surface area contributed by atoms with Crippen molar-refractivity contribution >= 4 is 5.91 Å². The van der Waals surface area contributed by atoms with Gasteiger partial charge in [0.2, 0.25) is 0 Å². The van der Waals surface area contributed by atoms with Crippen LogP contribution in [0.4, 0.5) is 4.39 Å². The monoisotopic (exact) mass is 355 g/mol. The third-order valence-corrected chi connectivity index (χ3v) is 5.45. The maximum absolute atomic E-state index is 13.0. The minimum Gasteiger partial charge on any atom is -0.348 e. The Morgan fingerprint density at radius 1 is 1.35 bits per heavy atom. The molecule has 0 saturated heterocycles. The zero-order chi connectivity index (χ0) is 18.6. The fourth-order valence-electron chi connectivity index (χ4n) is 4.13. The molecule has 1 aromatic heterocycles. The number of amides is 1. The number of nitrogens with zero attached hydrogens (tertiary/aromatic N) is 2. The van der Waals surface area contributed by atoms with E-state index in [1.165, 1.54) is 24.2 Å². The second kappa shape index (κ2) is 5.93. The smallest absolute Gasteiger partial charge is 0.272 e. The van der Waals surface area contributed by atoms with E-state index in [1.807, 2.05) is 6.92 Å². The number of nitrogens with one attached hydrogen (secondary N) is 1. The standard InChI is InChI=1S/C21H26FN3O/c1-12(9-13-5-7-15(22)8-6-13)23-20(26)18-17-11-14-10-16(14)19(17)25(24-18)21(2,3)4/h5-8,12,14,16H,9-11H2,1-4H3,(H,23,26)/t12?,14-,16-/m1/s1. The predicted molar refractivity (Wildman–Crippen MR) is 98.8 cm³/mol. The van der Waals surface area contributed by atoms with E-state index < -0.39 is 0 Å². The zero-order valence-electron chi connectivity index (χ0n) is 15.8. The molecule has 1 amide bonds. The van der Waals surface area contributed by atoms with Crippen LogP contribution in [0.1, 0.15) is 67.3 Å². The van der Waals surface area contributed by atoms with Crippen molar-refractivity contribution < 1.29 is 9.18 Å². The van der Waals surface area contributed by atoms with Gasteiger partial charge < -0.3 is 5.32 Å². The first-order valence-electron chi connectivity index (χ1n) is 9.41. The summed E-state index contributed by atoms with van der Waals surface area (Å²) < 4.78 is 15.1. The lowest BCUT2D eigenvalue weighted by Gasteiger charge is -2.22. The molecule has 0 radical (unpaired) electrons. The van der Waals surface area contributed by atoms with Crippen LogP contribution < -0.4 is 5.32 Å². The largest absolute Gasteiger partial charge is 0.348 e. The number of hydrogen-bond acceptors (Lipinski definition) is 2. The zero-order valence-corrected chi connectivity index (χ0v) is 15.8. The Hall–Kier alpha value is -2.17. The van der Waals surface area contributed by atoms with Crippen LogP contribution in [0.2, 0.25) is 0 Å². The van der Waals surface area contributed by atoms with Crippen LogP contribution in [0, 0.1) is 11.7 Å². The van der Waals surface area contributed by atoms with Crippen molar-refractivity contribution in [3.05, 3.63) is 52.6 Å². The molecule has 4 nitrogen and oxygen atoms in total. The van der Waals surface area contributed by atoms with Crippen LogP contribution in [0.5, 0.6) is 0 Å². The van der Waals surface area contributed by atoms with Gasteiger partial charge in [0, 0.05) is 23.2 Å². The van der Waals surface area contributed by atoms with E-state index in [2.05, 4.69) is 30.8 Å². The Balaban J connectivity index is 1.52. The number of carbonyl (C=O) groups is 1. The fourth-order valence-corrected chi connectivity index (χ4v) is 4.13. The van der Waals surface area contributed by atoms with Crippen molar-refractivity contribution in [3.8, 4) is 0 Å². The SMILES string of the molecule is CC(Cc1ccc(F)cc1)NC(=O)c1nn(C(C)(C)C)c2c1C[C@H]1C[C@@H]21. The highest BCUT2D eigenvalue weighted by Gasteiger charge is 2.50. The van der Waals surface area contributed by atoms with Gasteiger partial charge in [-0.1, -0.05) is 12.1 Å². The number of hydrogen-bond donors (Lipinski definition) is 1. The highest BCUT2D eigenvalue weighted by atomic mass is 19.1. The minimum atomic E-state index is -0.243. The average molecular weight is 355 g/mol. The van der Waals surface area contributed by atoms with E-state index in [9.17, 15) is 9.18 Å². The molecule has 3 atom stereocenters. The lowest BCUT2D eigenvalue weighted by Crippen LogP contribution is -2.35. The van der Waals surface area contributed by atoms with Crippen molar-refractivity contribution in [3.63, 3.8) is 0 Å². The Morgan fingerprint density at radius 3 is 2.69 bits per heavy atom. The van der Waals surface area contributed by atoms with Gasteiger partial charge in [-0.25, -0.2) is 4.39 Å². The van der Waals surface area contributed by atoms with E-state index in [-0.39, 0.29) is 23.3 Å². The minimum absolute atomic E-state index is 0.0423. The van der Waals surface area contributed by atoms with Crippen LogP contribution >= 0.6 is 0 Å². The summed E-state index contributed by atoms with van der Waals surface area (Å²) in [5, 5.41) is 7.78. The van der Waals surface area contributed by atoms with Crippen molar-refractivity contribution in [2.45, 2.75) is 64.5 Å². The molecule has 1 aromatic carbocycles. The second-order valence-corrected chi connectivity index (χ2v) is 8.81. The van der Waals surface area contributed by atoms with E-state index in [0.717, 1.165) is 17.5 Å². The molecule has 4 rings (SSSR count). The van der Waals surface area contributed by atoms with Gasteiger partial charge in [-0.15, -0.1) is 0 Å². The summed E-state index contributed by atoms with van der Waals surface area (Å²) in [6, 6.07) is 6.39. The van der Waals surface area contributed by atoms with Crippen LogP contribution in [-0.4, -0.2) is 21.7 Å². The molecule has 26 heavy (non-hydrogen) atoms. The Morgan fingerprint density at radius 2 is 2.04 bits per heavy atom. The number of rotatable bonds is 4. The first-order chi connectivity index (χ1) is 12.2. The molecule has 1 N–H and O–H groups in total. The summed E-state index contributed by atoms with van der Waals surface area (Å²) in [6.07, 6.45) is 2.88. The molecule has 1 unspecified atom stereocenters. The molecule has 0 spiro atoms. The maximum Gasteiger partial charge on any atom is 0.272 e. The lowest BCUT2D eigenvalue weighted by molar-refractivity contribution is 0.0932. The Labute approximate surface area is 153 Å². The van der Waals surface area contributed by atoms with Crippen molar-refractivity contribution in [2.75, 3.05) is 0 Å². The Kier molecular flexibility index (Phi) is 3.94. The van der Waals surface area contributed by atoms with Crippen molar-refractivity contribution in [1.82, 2.24) is 15.1 Å². The highest BCUT2D eigenvalue weighted by molar-refractivity contribution is 5.94. The number of halogens is 1. The number of fused-ring (bicyclic) bond motifs is 3. The van der Waals surface area contributed by atoms with Crippen molar-refractivity contribution in [2.24, 2.45) is 5.92 Å². The van der Waals surface area contributed by atoms with Crippen molar-refractivity contribution in [1.29, 1.82) is 0 Å². The van der Waals surface area contributed by atoms with Gasteiger partial charge >= 0.3 is 0 Å². The van der Waals surface area contributed by atoms with Crippen LogP contribution in [0.25, 0.3) is 0 Å². The lowest BCUT2D eigenvalue weighted by atomic mass is 10.1. The van der Waals surface area contributed by atoms with Crippen LogP contribution in [0.3, 0.4) is 0 Å². The normalized spacial score (nSPS) is 21.9. The molecule has 138 valence electrons. The predicted octanol–water partition coefficient (Wildman–Crippen LogP) is 3.80. The van der Waals surface area contributed by atoms with E-state index >= 15 is 0 Å². The second-order valence-electron chi connectivity index (χ2n) is 8.81. The van der Waals surface area contributed by atoms with Gasteiger partial charge in [-0.2, -0.15) is 5.10 Å². The first-order valence-corrected chi connectivity index (χ1v) is 9.41. The first kappa shape index (κ1) is 17.3. The summed E-state index contributed by atoms with van der Waals surface area (Å²) in [5.41, 5.74) is 3.89. The maximum atomic E-state index is 13.0. The van der Waals surface area contributed by atoms with Gasteiger partial charge in [-0.05, 0) is 70.6 Å². The van der Waals surface area contributed by atoms with Gasteiger partial charge in [0.1, 0.15) is 5.82 Å². The fraction of sp³-hybridized carbons (Fsp3) is 0.524. The molecule has 1 heterocycles. The Bertz CT molecular complexity index is 847. The third kappa shape index (κ3) is 3.04. The summed E-state index contributed by atoms with van der Waals surface area (Å²) in [4.78, 5) is 12.9. The quantitative estimate of drug-likeness (QED) is 0.907. The molecule has 0 bridgehead atoms. The molecule has 5 heteroatoms. The molecule has 2 aliphatic rings. The van der Waals surface area contributed by atoms with Gasteiger partial charge in [-0.3, -0.25) is 9.48 Å². The van der Waals surface area contributed by atoms with Crippen LogP contribution in [-0.2, 0) is 18.4 Å². The van der Waals surface area contributed by atoms with Gasteiger partial charge in [0.15, 0.2) is 5.69 Å². The summed E-state index contributed by atoms with van der Waals surface area (Å²) in [5.74, 6) is 0.960. The van der Waals surface area contributed by atoms with E-state index in [0.29, 0.717) is 24.0 Å². The molecule has 1 fully saturated rings. The molecule has 1 saturated carbocycles. The highest BCUT2D eigenvalue weighted by Crippen LogP contribution is 2.57. The summed E-state index contributed by atoms with van der Waals surface area (Å²) in [7, 11) is 0. The molecule has 0 aliphatic heterocycles. The van der Waals surface area contributed by atoms with Gasteiger partial charge in [0.25, 0.3) is 5.91 Å². The number of benzene rings is 1. The van der Waals surface area contributed by atoms with E-state index in [4.69, 9.17) is 5.10 Å². The topological polar surface area (TPSA) is 46.9 Å². The molecular weight excluding hydrogens is 329 g/mol. The molecular formula is C21H26FN3O. The molecule has 2 aromatic rings. The summed E-state index contributed by atoms with van der Waals surface area (Å²) in [6.45, 7) is 8.37. The number of carbonyl (C=O) groups excluding carboxylic acids is 1. The van der Waals surface area contributed by atoms with Crippen LogP contribution in [0.15, 0.2) is 24.3 Å². The van der Waals surface area contributed by atoms with Gasteiger partial charge in [0.05, 0.1) is 5.54 Å². The third-order valence-electron chi connectivity index (χ3n) is 5.45.